The molecule has 0 fully saturated rings. The van der Waals surface area contributed by atoms with Gasteiger partial charge in [-0.25, -0.2) is 0 Å². The summed E-state index contributed by atoms with van der Waals surface area (Å²) in [4.78, 5) is 16.3. The van der Waals surface area contributed by atoms with Crippen LogP contribution in [-0.2, 0) is 11.2 Å². The highest BCUT2D eigenvalue weighted by Crippen LogP contribution is 2.37. The molecule has 1 aromatic heterocycles. The fourth-order valence-electron chi connectivity index (χ4n) is 2.47. The summed E-state index contributed by atoms with van der Waals surface area (Å²) in [6, 6.07) is 7.14. The van der Waals surface area contributed by atoms with Crippen molar-refractivity contribution in [1.29, 1.82) is 0 Å². The molecule has 0 aliphatic carbocycles. The monoisotopic (exact) mass is 362 g/mol. The molecule has 26 heavy (non-hydrogen) atoms. The minimum absolute atomic E-state index is 0.0571. The molecule has 2 aromatic rings. The lowest BCUT2D eigenvalue weighted by Gasteiger charge is -2.22. The number of aromatic nitrogens is 1. The van der Waals surface area contributed by atoms with Gasteiger partial charge in [0.25, 0.3) is 0 Å². The zero-order valence-corrected chi connectivity index (χ0v) is 14.5. The Labute approximate surface area is 151 Å². The second-order valence-electron chi connectivity index (χ2n) is 5.58. The van der Waals surface area contributed by atoms with E-state index in [1.807, 2.05) is 0 Å². The first kappa shape index (κ1) is 19.5. The van der Waals surface area contributed by atoms with Gasteiger partial charge < -0.3 is 30.1 Å². The third-order valence-electron chi connectivity index (χ3n) is 3.82. The van der Waals surface area contributed by atoms with E-state index in [1.54, 1.807) is 18.2 Å². The Kier molecular flexibility index (Phi) is 6.76. The highest BCUT2D eigenvalue weighted by Gasteiger charge is 2.23. The summed E-state index contributed by atoms with van der Waals surface area (Å²) in [5.74, 6) is -0.217. The lowest BCUT2D eigenvalue weighted by Crippen LogP contribution is -2.42. The molecule has 0 bridgehead atoms. The molecular weight excluding hydrogens is 340 g/mol. The van der Waals surface area contributed by atoms with Crippen molar-refractivity contribution < 1.29 is 29.6 Å². The predicted octanol–water partition coefficient (Wildman–Crippen LogP) is 0.558. The van der Waals surface area contributed by atoms with Crippen molar-refractivity contribution in [3.8, 4) is 17.2 Å². The zero-order chi connectivity index (χ0) is 19.1. The number of carbonyl (C=O) groups excluding carboxylic acids is 1. The van der Waals surface area contributed by atoms with Gasteiger partial charge in [0.05, 0.1) is 39.0 Å². The number of aliphatic hydroxyl groups excluding tert-OH is 2. The van der Waals surface area contributed by atoms with Gasteiger partial charge in [0.15, 0.2) is 11.5 Å². The van der Waals surface area contributed by atoms with Crippen molar-refractivity contribution in [2.24, 2.45) is 0 Å². The Morgan fingerprint density at radius 1 is 1.23 bits per heavy atom. The highest BCUT2D eigenvalue weighted by atomic mass is 16.5. The summed E-state index contributed by atoms with van der Waals surface area (Å²) in [5.41, 5.74) is 0.887. The molecule has 0 aliphatic heterocycles. The van der Waals surface area contributed by atoms with Crippen LogP contribution in [0.1, 0.15) is 17.4 Å². The Bertz CT molecular complexity index is 713. The number of methoxy groups -OCH3 is 2. The van der Waals surface area contributed by atoms with E-state index in [1.165, 1.54) is 32.5 Å². The van der Waals surface area contributed by atoms with E-state index in [0.29, 0.717) is 11.3 Å². The Morgan fingerprint density at radius 2 is 1.88 bits per heavy atom. The summed E-state index contributed by atoms with van der Waals surface area (Å²) in [6.07, 6.45) is 0.316. The number of aliphatic hydroxyl groups is 2. The molecule has 0 saturated carbocycles. The topological polar surface area (TPSA) is 121 Å². The number of benzene rings is 1. The summed E-state index contributed by atoms with van der Waals surface area (Å²) in [6.45, 7) is -0.453. The number of hydrogen-bond acceptors (Lipinski definition) is 7. The van der Waals surface area contributed by atoms with Gasteiger partial charge in [-0.15, -0.1) is 0 Å². The van der Waals surface area contributed by atoms with E-state index < -0.39 is 24.7 Å². The van der Waals surface area contributed by atoms with Crippen molar-refractivity contribution in [3.05, 3.63) is 47.8 Å². The molecular formula is C18H22N2O6. The van der Waals surface area contributed by atoms with Crippen molar-refractivity contribution in [2.75, 3.05) is 20.8 Å². The number of carbonyl (C=O) groups is 1. The molecule has 0 spiro atoms. The van der Waals surface area contributed by atoms with E-state index in [0.717, 1.165) is 0 Å². The Hall–Kier alpha value is -2.84. The SMILES string of the molecule is COc1cc(CC(=O)NC(CO)C(O)c2ccccn2)cc(OC)c1O. The van der Waals surface area contributed by atoms with Crippen LogP contribution in [0.4, 0.5) is 0 Å². The predicted molar refractivity (Wildman–Crippen MR) is 93.1 cm³/mol. The molecule has 1 amide bonds. The molecule has 1 aromatic carbocycles. The number of rotatable bonds is 8. The minimum Gasteiger partial charge on any atom is -0.502 e. The first-order chi connectivity index (χ1) is 12.5. The highest BCUT2D eigenvalue weighted by molar-refractivity contribution is 5.79. The van der Waals surface area contributed by atoms with Gasteiger partial charge in [-0.05, 0) is 29.8 Å². The summed E-state index contributed by atoms with van der Waals surface area (Å²) >= 11 is 0. The molecule has 8 heteroatoms. The van der Waals surface area contributed by atoms with Crippen molar-refractivity contribution >= 4 is 5.91 Å². The lowest BCUT2D eigenvalue weighted by atomic mass is 10.1. The minimum atomic E-state index is -1.14. The average Bonchev–Trinajstić information content (AvgIpc) is 2.67. The van der Waals surface area contributed by atoms with Crippen LogP contribution in [0.15, 0.2) is 36.5 Å². The molecule has 2 unspecified atom stereocenters. The first-order valence-electron chi connectivity index (χ1n) is 7.93. The second-order valence-corrected chi connectivity index (χ2v) is 5.58. The number of pyridine rings is 1. The molecule has 0 radical (unpaired) electrons. The summed E-state index contributed by atoms with van der Waals surface area (Å²) in [5, 5.41) is 32.3. The van der Waals surface area contributed by atoms with Gasteiger partial charge in [-0.3, -0.25) is 9.78 Å². The zero-order valence-electron chi connectivity index (χ0n) is 14.5. The van der Waals surface area contributed by atoms with E-state index in [2.05, 4.69) is 10.3 Å². The second kappa shape index (κ2) is 9.02. The number of phenols is 1. The van der Waals surface area contributed by atoms with E-state index in [-0.39, 0.29) is 23.7 Å². The van der Waals surface area contributed by atoms with Crippen LogP contribution in [0.3, 0.4) is 0 Å². The van der Waals surface area contributed by atoms with E-state index in [4.69, 9.17) is 9.47 Å². The third kappa shape index (κ3) is 4.62. The standard InChI is InChI=1S/C18H22N2O6/c1-25-14-7-11(8-15(26-2)18(14)24)9-16(22)20-13(10-21)17(23)12-5-3-4-6-19-12/h3-8,13,17,21,23-24H,9-10H2,1-2H3,(H,20,22). The van der Waals surface area contributed by atoms with Crippen LogP contribution in [0, 0.1) is 0 Å². The fourth-order valence-corrected chi connectivity index (χ4v) is 2.47. The summed E-state index contributed by atoms with van der Waals surface area (Å²) < 4.78 is 10.1. The quantitative estimate of drug-likeness (QED) is 0.541. The Morgan fingerprint density at radius 3 is 2.38 bits per heavy atom. The average molecular weight is 362 g/mol. The maximum atomic E-state index is 12.3. The van der Waals surface area contributed by atoms with Crippen LogP contribution in [0.2, 0.25) is 0 Å². The van der Waals surface area contributed by atoms with Gasteiger partial charge in [0.1, 0.15) is 6.10 Å². The van der Waals surface area contributed by atoms with E-state index >= 15 is 0 Å². The largest absolute Gasteiger partial charge is 0.502 e. The molecule has 8 nitrogen and oxygen atoms in total. The lowest BCUT2D eigenvalue weighted by molar-refractivity contribution is -0.122. The van der Waals surface area contributed by atoms with Crippen LogP contribution >= 0.6 is 0 Å². The van der Waals surface area contributed by atoms with Crippen LogP contribution < -0.4 is 14.8 Å². The normalized spacial score (nSPS) is 12.9. The van der Waals surface area contributed by atoms with Crippen molar-refractivity contribution in [3.63, 3.8) is 0 Å². The van der Waals surface area contributed by atoms with Gasteiger partial charge >= 0.3 is 0 Å². The van der Waals surface area contributed by atoms with Crippen LogP contribution in [0.25, 0.3) is 0 Å². The van der Waals surface area contributed by atoms with Crippen molar-refractivity contribution in [1.82, 2.24) is 10.3 Å². The summed E-state index contributed by atoms with van der Waals surface area (Å²) in [7, 11) is 2.78. The third-order valence-corrected chi connectivity index (χ3v) is 3.82. The molecule has 2 atom stereocenters. The number of nitrogens with one attached hydrogen (secondary N) is 1. The van der Waals surface area contributed by atoms with Gasteiger partial charge in [-0.2, -0.15) is 0 Å². The first-order valence-corrected chi connectivity index (χ1v) is 7.93. The number of phenolic OH excluding ortho intramolecular Hbond substituents is 1. The van der Waals surface area contributed by atoms with E-state index in [9.17, 15) is 20.1 Å². The number of nitrogens with zero attached hydrogens (tertiary/aromatic N) is 1. The molecule has 4 N–H and O–H groups in total. The Balaban J connectivity index is 2.09. The number of ether oxygens (including phenoxy) is 2. The van der Waals surface area contributed by atoms with Crippen LogP contribution in [0.5, 0.6) is 17.2 Å². The number of aromatic hydroxyl groups is 1. The maximum absolute atomic E-state index is 12.3. The van der Waals surface area contributed by atoms with Gasteiger partial charge in [0.2, 0.25) is 11.7 Å². The van der Waals surface area contributed by atoms with Crippen LogP contribution in [-0.4, -0.2) is 53.1 Å². The number of amides is 1. The number of hydrogen-bond donors (Lipinski definition) is 4. The maximum Gasteiger partial charge on any atom is 0.224 e. The molecule has 0 saturated heterocycles. The molecule has 1 heterocycles. The van der Waals surface area contributed by atoms with Gasteiger partial charge in [-0.1, -0.05) is 6.07 Å². The van der Waals surface area contributed by atoms with Crippen molar-refractivity contribution in [2.45, 2.75) is 18.6 Å². The smallest absolute Gasteiger partial charge is 0.224 e. The van der Waals surface area contributed by atoms with Gasteiger partial charge in [0, 0.05) is 6.20 Å². The molecule has 0 aliphatic rings. The fraction of sp³-hybridized carbons (Fsp3) is 0.333. The molecule has 2 rings (SSSR count). The molecule has 140 valence electrons.